The van der Waals surface area contributed by atoms with E-state index in [0.717, 1.165) is 6.08 Å². The van der Waals surface area contributed by atoms with Gasteiger partial charge in [0.15, 0.2) is 5.78 Å². The predicted molar refractivity (Wildman–Crippen MR) is 121 cm³/mol. The number of alkyl halides is 9. The van der Waals surface area contributed by atoms with Crippen LogP contribution in [0.1, 0.15) is 46.3 Å². The molecule has 0 aliphatic carbocycles. The van der Waals surface area contributed by atoms with E-state index >= 15 is 0 Å². The lowest BCUT2D eigenvalue weighted by molar-refractivity contribution is -0.142. The van der Waals surface area contributed by atoms with Gasteiger partial charge in [-0.1, -0.05) is 41.1 Å². The lowest BCUT2D eigenvalue weighted by Crippen LogP contribution is -2.37. The molecule has 2 aromatic carbocycles. The van der Waals surface area contributed by atoms with Gasteiger partial charge in [0.1, 0.15) is 12.4 Å². The Bertz CT molecular complexity index is 1200. The largest absolute Gasteiger partial charge is 0.416 e. The van der Waals surface area contributed by atoms with Crippen molar-refractivity contribution in [1.82, 2.24) is 5.32 Å². The third-order valence-electron chi connectivity index (χ3n) is 5.14. The first kappa shape index (κ1) is 31.3. The van der Waals surface area contributed by atoms with E-state index in [1.807, 2.05) is 0 Å². The van der Waals surface area contributed by atoms with E-state index in [0.29, 0.717) is 12.1 Å². The summed E-state index contributed by atoms with van der Waals surface area (Å²) in [5, 5.41) is 1.66. The molecule has 0 aliphatic heterocycles. The summed E-state index contributed by atoms with van der Waals surface area (Å²) in [5.41, 5.74) is -2.47. The van der Waals surface area contributed by atoms with Crippen molar-refractivity contribution < 1.29 is 53.5 Å². The smallest absolute Gasteiger partial charge is 0.347 e. The number of rotatable bonds is 8. The molecule has 0 fully saturated rings. The number of carbonyl (C=O) groups is 2. The summed E-state index contributed by atoms with van der Waals surface area (Å²) >= 11 is 3.06. The van der Waals surface area contributed by atoms with Gasteiger partial charge in [-0.3, -0.25) is 9.59 Å². The van der Waals surface area contributed by atoms with Gasteiger partial charge < -0.3 is 5.32 Å². The summed E-state index contributed by atoms with van der Waals surface area (Å²) in [6.45, 7) is -0.330. The van der Waals surface area contributed by atoms with E-state index in [9.17, 15) is 53.5 Å². The van der Waals surface area contributed by atoms with E-state index in [1.54, 1.807) is 5.32 Å². The highest BCUT2D eigenvalue weighted by Crippen LogP contribution is 2.39. The Morgan fingerprint density at radius 2 is 1.61 bits per heavy atom. The highest BCUT2D eigenvalue weighted by atomic mass is 79.9. The van der Waals surface area contributed by atoms with E-state index in [-0.39, 0.29) is 27.7 Å². The fourth-order valence-electron chi connectivity index (χ4n) is 3.28. The Kier molecular flexibility index (Phi) is 9.78. The molecule has 3 nitrogen and oxygen atoms in total. The quantitative estimate of drug-likeness (QED) is 0.241. The number of benzene rings is 2. The maximum atomic E-state index is 13.7. The topological polar surface area (TPSA) is 46.2 Å². The minimum atomic E-state index is -5.07. The zero-order valence-electron chi connectivity index (χ0n) is 19.2. The third-order valence-corrected chi connectivity index (χ3v) is 5.79. The van der Waals surface area contributed by atoms with E-state index < -0.39 is 72.0 Å². The van der Waals surface area contributed by atoms with Crippen LogP contribution >= 0.6 is 15.9 Å². The highest BCUT2D eigenvalue weighted by molar-refractivity contribution is 9.10. The van der Waals surface area contributed by atoms with E-state index in [1.165, 1.54) is 25.1 Å². The summed E-state index contributed by atoms with van der Waals surface area (Å²) in [6, 6.07) is 4.26. The molecule has 1 unspecified atom stereocenters. The Morgan fingerprint density at radius 1 is 0.974 bits per heavy atom. The van der Waals surface area contributed by atoms with Gasteiger partial charge in [-0.05, 0) is 41.5 Å². The zero-order chi connectivity index (χ0) is 29.1. The summed E-state index contributed by atoms with van der Waals surface area (Å²) in [7, 11) is 0. The van der Waals surface area contributed by atoms with Gasteiger partial charge in [-0.15, -0.1) is 0 Å². The number of amides is 1. The fourth-order valence-corrected chi connectivity index (χ4v) is 3.89. The first-order chi connectivity index (χ1) is 17.3. The van der Waals surface area contributed by atoms with Crippen molar-refractivity contribution in [2.24, 2.45) is 5.92 Å². The molecule has 0 radical (unpaired) electrons. The maximum Gasteiger partial charge on any atom is 0.416 e. The van der Waals surface area contributed by atoms with Crippen LogP contribution in [0.2, 0.25) is 0 Å². The lowest BCUT2D eigenvalue weighted by atomic mass is 9.94. The number of Topliss-reactive ketones (excluding diaryl/α,β-unsaturated/α-hetero) is 1. The second kappa shape index (κ2) is 11.9. The van der Waals surface area contributed by atoms with Crippen molar-refractivity contribution in [3.63, 3.8) is 0 Å². The average Bonchev–Trinajstić information content (AvgIpc) is 2.75. The van der Waals surface area contributed by atoms with Crippen LogP contribution in [0.5, 0.6) is 0 Å². The molecule has 2 atom stereocenters. The van der Waals surface area contributed by atoms with Crippen molar-refractivity contribution in [1.29, 1.82) is 0 Å². The summed E-state index contributed by atoms with van der Waals surface area (Å²) < 4.78 is 130. The van der Waals surface area contributed by atoms with Crippen LogP contribution in [0, 0.1) is 11.7 Å². The van der Waals surface area contributed by atoms with Gasteiger partial charge in [-0.25, -0.2) is 4.39 Å². The van der Waals surface area contributed by atoms with Gasteiger partial charge >= 0.3 is 18.5 Å². The molecule has 0 bridgehead atoms. The number of allylic oxidation sites excluding steroid dienone is 1. The number of nitrogens with one attached hydrogen (secondary N) is 1. The number of hydrogen-bond donors (Lipinski definition) is 1. The summed E-state index contributed by atoms with van der Waals surface area (Å²) in [6.07, 6.45) is -13.8. The van der Waals surface area contributed by atoms with Gasteiger partial charge in [0.05, 0.1) is 11.5 Å². The average molecular weight is 622 g/mol. The SMILES string of the molecule is C[C@@H](CC(=O)c1ccc(/C=C/C(c2cc(F)cc(C(F)(F)F)c2)C(F)(F)F)cc1Br)C(=O)NCC(F)(F)F. The second-order valence-electron chi connectivity index (χ2n) is 8.25. The molecule has 14 heteroatoms. The minimum Gasteiger partial charge on any atom is -0.347 e. The van der Waals surface area contributed by atoms with Crippen molar-refractivity contribution in [3.05, 3.63) is 75.0 Å². The fraction of sp³-hybridized carbons (Fsp3) is 0.333. The molecule has 0 aromatic heterocycles. The minimum absolute atomic E-state index is 0.00931. The highest BCUT2D eigenvalue weighted by Gasteiger charge is 2.41. The molecule has 0 aliphatic rings. The van der Waals surface area contributed by atoms with Gasteiger partial charge in [0.25, 0.3) is 0 Å². The van der Waals surface area contributed by atoms with Crippen LogP contribution in [0.4, 0.5) is 43.9 Å². The predicted octanol–water partition coefficient (Wildman–Crippen LogP) is 7.85. The second-order valence-corrected chi connectivity index (χ2v) is 9.10. The van der Waals surface area contributed by atoms with Crippen LogP contribution in [0.3, 0.4) is 0 Å². The van der Waals surface area contributed by atoms with Crippen LogP contribution in [-0.2, 0) is 11.0 Å². The monoisotopic (exact) mass is 621 g/mol. The maximum absolute atomic E-state index is 13.7. The normalized spacial score (nSPS) is 14.4. The molecule has 208 valence electrons. The first-order valence-corrected chi connectivity index (χ1v) is 11.4. The Balaban J connectivity index is 2.24. The van der Waals surface area contributed by atoms with Gasteiger partial charge in [0.2, 0.25) is 5.91 Å². The standard InChI is InChI=1S/C24H18BrF10NO2/c1-12(21(38)36-11-22(27,28)29)6-20(37)17-4-2-13(7-19(17)25)3-5-18(24(33,34)35)14-8-15(23(30,31)32)10-16(26)9-14/h2-5,7-10,12,18H,6,11H2,1H3,(H,36,38)/b5-3+/t12-,18?/m0/s1. The van der Waals surface area contributed by atoms with Gasteiger partial charge in [-0.2, -0.15) is 39.5 Å². The van der Waals surface area contributed by atoms with Crippen molar-refractivity contribution in [3.8, 4) is 0 Å². The number of hydrogen-bond acceptors (Lipinski definition) is 2. The molecule has 0 heterocycles. The van der Waals surface area contributed by atoms with Crippen molar-refractivity contribution in [2.75, 3.05) is 6.54 Å². The van der Waals surface area contributed by atoms with Crippen LogP contribution in [-0.4, -0.2) is 30.6 Å². The molecule has 0 spiro atoms. The Labute approximate surface area is 218 Å². The van der Waals surface area contributed by atoms with E-state index in [4.69, 9.17) is 0 Å². The molecular formula is C24H18BrF10NO2. The van der Waals surface area contributed by atoms with Crippen LogP contribution in [0.25, 0.3) is 6.08 Å². The molecule has 0 saturated carbocycles. The first-order valence-electron chi connectivity index (χ1n) is 10.6. The third kappa shape index (κ3) is 9.14. The Hall–Kier alpha value is -2.90. The van der Waals surface area contributed by atoms with Gasteiger partial charge in [0, 0.05) is 22.4 Å². The molecule has 1 N–H and O–H groups in total. The van der Waals surface area contributed by atoms with Crippen molar-refractivity contribution in [2.45, 2.75) is 37.8 Å². The number of halogens is 11. The lowest BCUT2D eigenvalue weighted by Gasteiger charge is -2.19. The Morgan fingerprint density at radius 3 is 2.13 bits per heavy atom. The number of ketones is 1. The summed E-state index contributed by atoms with van der Waals surface area (Å²) in [4.78, 5) is 24.3. The zero-order valence-corrected chi connectivity index (χ0v) is 20.7. The molecule has 2 aromatic rings. The van der Waals surface area contributed by atoms with Crippen LogP contribution in [0.15, 0.2) is 46.9 Å². The van der Waals surface area contributed by atoms with Crippen molar-refractivity contribution >= 4 is 33.7 Å². The number of carbonyl (C=O) groups excluding carboxylic acids is 2. The molecular weight excluding hydrogens is 604 g/mol. The summed E-state index contributed by atoms with van der Waals surface area (Å²) in [5.74, 6) is -6.85. The van der Waals surface area contributed by atoms with E-state index in [2.05, 4.69) is 15.9 Å². The molecule has 1 amide bonds. The molecule has 2 rings (SSSR count). The van der Waals surface area contributed by atoms with Crippen LogP contribution < -0.4 is 5.32 Å². The molecule has 38 heavy (non-hydrogen) atoms. The molecule has 0 saturated heterocycles.